The molecule has 0 radical (unpaired) electrons. The molecule has 0 N–H and O–H groups in total. The van der Waals surface area contributed by atoms with Gasteiger partial charge in [0.05, 0.1) is 16.6 Å². The molecule has 0 amide bonds. The highest BCUT2D eigenvalue weighted by Crippen LogP contribution is 2.35. The number of hydrogen-bond donors (Lipinski definition) is 0. The lowest BCUT2D eigenvalue weighted by atomic mass is 10.0. The van der Waals surface area contributed by atoms with Crippen molar-refractivity contribution in [1.29, 1.82) is 0 Å². The molecule has 0 aliphatic rings. The van der Waals surface area contributed by atoms with Crippen LogP contribution in [0.2, 0.25) is 0 Å². The van der Waals surface area contributed by atoms with Crippen molar-refractivity contribution in [2.45, 2.75) is 46.3 Å². The molecule has 0 fully saturated rings. The summed E-state index contributed by atoms with van der Waals surface area (Å²) in [5.74, 6) is 0.723. The first kappa shape index (κ1) is 17.5. The van der Waals surface area contributed by atoms with E-state index in [-0.39, 0.29) is 6.04 Å². The number of hydrogen-bond acceptors (Lipinski definition) is 1. The molecule has 132 valence electrons. The second kappa shape index (κ2) is 6.21. The maximum absolute atomic E-state index is 13.0. The van der Waals surface area contributed by atoms with E-state index in [0.717, 1.165) is 46.6 Å². The normalized spacial score (nSPS) is 13.4. The zero-order chi connectivity index (χ0) is 18.4. The number of benzene rings is 2. The fourth-order valence-electron chi connectivity index (χ4n) is 3.16. The molecular formula is C20H21F3N2. The van der Waals surface area contributed by atoms with Crippen LogP contribution in [-0.4, -0.2) is 9.55 Å². The Bertz CT molecular complexity index is 923. The number of aryl methyl sites for hydroxylation is 2. The number of aromatic nitrogens is 2. The molecule has 1 unspecified atom stereocenters. The predicted octanol–water partition coefficient (Wildman–Crippen LogP) is 6.31. The van der Waals surface area contributed by atoms with Crippen LogP contribution in [0.4, 0.5) is 13.2 Å². The summed E-state index contributed by atoms with van der Waals surface area (Å²) in [5.41, 5.74) is 3.61. The Morgan fingerprint density at radius 3 is 2.40 bits per heavy atom. The lowest BCUT2D eigenvalue weighted by Gasteiger charge is -2.17. The second-order valence-corrected chi connectivity index (χ2v) is 6.58. The Morgan fingerprint density at radius 2 is 1.80 bits per heavy atom. The number of halogens is 3. The molecule has 0 saturated heterocycles. The van der Waals surface area contributed by atoms with Crippen LogP contribution in [0.5, 0.6) is 0 Å². The summed E-state index contributed by atoms with van der Waals surface area (Å²) in [7, 11) is 0. The minimum Gasteiger partial charge on any atom is -0.321 e. The largest absolute Gasteiger partial charge is 0.416 e. The molecule has 2 nitrogen and oxygen atoms in total. The summed E-state index contributed by atoms with van der Waals surface area (Å²) in [4.78, 5) is 4.58. The molecule has 0 saturated carbocycles. The van der Waals surface area contributed by atoms with Gasteiger partial charge in [-0.15, -0.1) is 0 Å². The van der Waals surface area contributed by atoms with Crippen molar-refractivity contribution in [2.75, 3.05) is 0 Å². The molecular weight excluding hydrogens is 325 g/mol. The van der Waals surface area contributed by atoms with Gasteiger partial charge in [0, 0.05) is 11.6 Å². The van der Waals surface area contributed by atoms with Crippen LogP contribution in [0, 0.1) is 13.8 Å². The van der Waals surface area contributed by atoms with E-state index in [2.05, 4.69) is 24.9 Å². The van der Waals surface area contributed by atoms with Gasteiger partial charge in [-0.3, -0.25) is 0 Å². The van der Waals surface area contributed by atoms with E-state index in [1.54, 1.807) is 0 Å². The molecule has 0 aliphatic carbocycles. The Balaban J connectivity index is 2.29. The quantitative estimate of drug-likeness (QED) is 0.543. The summed E-state index contributed by atoms with van der Waals surface area (Å²) in [6.45, 7) is 8.14. The van der Waals surface area contributed by atoms with Gasteiger partial charge in [-0.05, 0) is 51.0 Å². The van der Waals surface area contributed by atoms with Gasteiger partial charge in [0.2, 0.25) is 0 Å². The van der Waals surface area contributed by atoms with E-state index in [0.29, 0.717) is 5.52 Å². The van der Waals surface area contributed by atoms with Gasteiger partial charge in [-0.2, -0.15) is 13.2 Å². The third-order valence-electron chi connectivity index (χ3n) is 4.67. The molecule has 0 bridgehead atoms. The topological polar surface area (TPSA) is 17.8 Å². The van der Waals surface area contributed by atoms with Crippen LogP contribution in [0.25, 0.3) is 22.4 Å². The van der Waals surface area contributed by atoms with Crippen molar-refractivity contribution in [1.82, 2.24) is 9.55 Å². The minimum atomic E-state index is -4.37. The van der Waals surface area contributed by atoms with Crippen LogP contribution >= 0.6 is 0 Å². The lowest BCUT2D eigenvalue weighted by Crippen LogP contribution is -2.07. The first-order valence-electron chi connectivity index (χ1n) is 8.39. The average molecular weight is 346 g/mol. The summed E-state index contributed by atoms with van der Waals surface area (Å²) < 4.78 is 41.2. The predicted molar refractivity (Wildman–Crippen MR) is 94.6 cm³/mol. The van der Waals surface area contributed by atoms with Crippen molar-refractivity contribution in [3.05, 3.63) is 53.1 Å². The van der Waals surface area contributed by atoms with Gasteiger partial charge < -0.3 is 4.57 Å². The smallest absolute Gasteiger partial charge is 0.321 e. The van der Waals surface area contributed by atoms with Crippen molar-refractivity contribution < 1.29 is 13.2 Å². The summed E-state index contributed by atoms with van der Waals surface area (Å²) in [5, 5.41) is 0. The van der Waals surface area contributed by atoms with E-state index in [1.165, 1.54) is 6.07 Å². The molecule has 3 rings (SSSR count). The Morgan fingerprint density at radius 1 is 1.08 bits per heavy atom. The van der Waals surface area contributed by atoms with Crippen LogP contribution in [0.15, 0.2) is 36.4 Å². The number of nitrogens with zero attached hydrogens (tertiary/aromatic N) is 2. The monoisotopic (exact) mass is 346 g/mol. The van der Waals surface area contributed by atoms with Gasteiger partial charge in [0.1, 0.15) is 5.82 Å². The van der Waals surface area contributed by atoms with Gasteiger partial charge in [-0.25, -0.2) is 4.98 Å². The highest BCUT2D eigenvalue weighted by Gasteiger charge is 2.31. The van der Waals surface area contributed by atoms with Crippen LogP contribution < -0.4 is 0 Å². The van der Waals surface area contributed by atoms with E-state index >= 15 is 0 Å². The summed E-state index contributed by atoms with van der Waals surface area (Å²) in [6, 6.07) is 10.0. The molecule has 1 heterocycles. The minimum absolute atomic E-state index is 0.137. The van der Waals surface area contributed by atoms with Gasteiger partial charge in [0.15, 0.2) is 0 Å². The van der Waals surface area contributed by atoms with Crippen molar-refractivity contribution in [2.24, 2.45) is 0 Å². The Hall–Kier alpha value is -2.30. The first-order chi connectivity index (χ1) is 11.7. The highest BCUT2D eigenvalue weighted by molar-refractivity contribution is 5.82. The lowest BCUT2D eigenvalue weighted by molar-refractivity contribution is -0.137. The zero-order valence-corrected chi connectivity index (χ0v) is 14.8. The number of imidazole rings is 1. The maximum atomic E-state index is 13.0. The van der Waals surface area contributed by atoms with Gasteiger partial charge in [0.25, 0.3) is 0 Å². The van der Waals surface area contributed by atoms with Crippen molar-refractivity contribution in [3.8, 4) is 11.4 Å². The molecule has 1 aromatic heterocycles. The Kier molecular flexibility index (Phi) is 4.35. The number of fused-ring (bicyclic) bond motifs is 1. The van der Waals surface area contributed by atoms with Crippen LogP contribution in [0.1, 0.15) is 43.0 Å². The van der Waals surface area contributed by atoms with Crippen molar-refractivity contribution in [3.63, 3.8) is 0 Å². The number of rotatable bonds is 3. The Labute approximate surface area is 145 Å². The summed E-state index contributed by atoms with van der Waals surface area (Å²) in [6.07, 6.45) is -3.50. The molecule has 0 aliphatic heterocycles. The fourth-order valence-corrected chi connectivity index (χ4v) is 3.16. The first-order valence-corrected chi connectivity index (χ1v) is 8.39. The van der Waals surface area contributed by atoms with Crippen LogP contribution in [-0.2, 0) is 6.18 Å². The van der Waals surface area contributed by atoms with Gasteiger partial charge >= 0.3 is 6.18 Å². The van der Waals surface area contributed by atoms with Crippen molar-refractivity contribution >= 4 is 11.0 Å². The molecule has 5 heteroatoms. The molecule has 1 atom stereocenters. The van der Waals surface area contributed by atoms with Gasteiger partial charge in [-0.1, -0.05) is 30.7 Å². The number of alkyl halides is 3. The third kappa shape index (κ3) is 3.15. The SMILES string of the molecule is CCC(C)n1c(-c2ccc(C)cc2C)nc2cc(C(F)(F)F)ccc21. The van der Waals surface area contributed by atoms with E-state index < -0.39 is 11.7 Å². The van der Waals surface area contributed by atoms with E-state index in [9.17, 15) is 13.2 Å². The second-order valence-electron chi connectivity index (χ2n) is 6.58. The standard InChI is InChI=1S/C20H21F3N2/c1-5-14(4)25-18-9-7-15(20(21,22)23)11-17(18)24-19(25)16-8-6-12(2)10-13(16)3/h6-11,14H,5H2,1-4H3. The van der Waals surface area contributed by atoms with E-state index in [4.69, 9.17) is 0 Å². The third-order valence-corrected chi connectivity index (χ3v) is 4.67. The molecule has 3 aromatic rings. The molecule has 2 aromatic carbocycles. The highest BCUT2D eigenvalue weighted by atomic mass is 19.4. The fraction of sp³-hybridized carbons (Fsp3) is 0.350. The van der Waals surface area contributed by atoms with Crippen LogP contribution in [0.3, 0.4) is 0 Å². The average Bonchev–Trinajstić information content (AvgIpc) is 2.91. The maximum Gasteiger partial charge on any atom is 0.416 e. The molecule has 25 heavy (non-hydrogen) atoms. The molecule has 0 spiro atoms. The van der Waals surface area contributed by atoms with E-state index in [1.807, 2.05) is 30.5 Å². The zero-order valence-electron chi connectivity index (χ0n) is 14.8. The summed E-state index contributed by atoms with van der Waals surface area (Å²) >= 11 is 0.